The number of ether oxygens (including phenoxy) is 2. The molecule has 1 aromatic heterocycles. The fraction of sp³-hybridized carbons (Fsp3) is 0.269. The summed E-state index contributed by atoms with van der Waals surface area (Å²) < 4.78 is 13.8. The number of aromatic nitrogens is 2. The third-order valence-electron chi connectivity index (χ3n) is 5.31. The number of hydrogen-bond acceptors (Lipinski definition) is 3. The molecule has 0 aliphatic heterocycles. The van der Waals surface area contributed by atoms with Crippen molar-refractivity contribution < 1.29 is 9.47 Å². The van der Waals surface area contributed by atoms with Gasteiger partial charge in [-0.3, -0.25) is 0 Å². The molecule has 0 atom stereocenters. The van der Waals surface area contributed by atoms with Gasteiger partial charge in [-0.2, -0.15) is 0 Å². The average Bonchev–Trinajstić information content (AvgIpc) is 3.15. The zero-order valence-corrected chi connectivity index (χ0v) is 17.8. The molecule has 4 heteroatoms. The Morgan fingerprint density at radius 1 is 0.933 bits per heavy atom. The summed E-state index contributed by atoms with van der Waals surface area (Å²) in [6.07, 6.45) is 0.893. The number of para-hydroxylation sites is 3. The molecule has 4 nitrogen and oxygen atoms in total. The zero-order valence-electron chi connectivity index (χ0n) is 17.8. The number of aryl methyl sites for hydroxylation is 1. The molecular formula is C26H28N2O2. The maximum absolute atomic E-state index is 6.14. The third kappa shape index (κ3) is 4.18. The van der Waals surface area contributed by atoms with Crippen molar-refractivity contribution in [1.82, 2.24) is 9.55 Å². The van der Waals surface area contributed by atoms with Crippen LogP contribution in [0.15, 0.2) is 72.8 Å². The lowest BCUT2D eigenvalue weighted by Gasteiger charge is -2.15. The summed E-state index contributed by atoms with van der Waals surface area (Å²) in [7, 11) is 1.69. The van der Waals surface area contributed by atoms with Crippen LogP contribution in [0.25, 0.3) is 22.4 Å². The summed E-state index contributed by atoms with van der Waals surface area (Å²) in [5, 5.41) is 0. The van der Waals surface area contributed by atoms with Crippen LogP contribution in [0.1, 0.15) is 31.7 Å². The molecule has 0 spiro atoms. The van der Waals surface area contributed by atoms with Gasteiger partial charge in [0.2, 0.25) is 0 Å². The van der Waals surface area contributed by atoms with Crippen LogP contribution in [0, 0.1) is 0 Å². The van der Waals surface area contributed by atoms with Crippen LogP contribution in [0.5, 0.6) is 11.5 Å². The van der Waals surface area contributed by atoms with Crippen molar-refractivity contribution in [1.29, 1.82) is 0 Å². The average molecular weight is 401 g/mol. The van der Waals surface area contributed by atoms with Gasteiger partial charge in [-0.1, -0.05) is 56.3 Å². The van der Waals surface area contributed by atoms with Crippen LogP contribution in [-0.2, 0) is 6.54 Å². The Hall–Kier alpha value is -3.27. The summed E-state index contributed by atoms with van der Waals surface area (Å²) in [5.74, 6) is 3.21. The quantitative estimate of drug-likeness (QED) is 0.325. The van der Waals surface area contributed by atoms with Gasteiger partial charge in [-0.25, -0.2) is 4.98 Å². The summed E-state index contributed by atoms with van der Waals surface area (Å²) in [6, 6.07) is 24.7. The minimum absolute atomic E-state index is 0.443. The first-order valence-corrected chi connectivity index (χ1v) is 10.5. The Morgan fingerprint density at radius 2 is 1.73 bits per heavy atom. The van der Waals surface area contributed by atoms with Gasteiger partial charge in [0.15, 0.2) is 0 Å². The molecule has 1 heterocycles. The Bertz CT molecular complexity index is 1130. The van der Waals surface area contributed by atoms with Gasteiger partial charge >= 0.3 is 0 Å². The largest absolute Gasteiger partial charge is 0.497 e. The van der Waals surface area contributed by atoms with E-state index in [1.165, 1.54) is 5.56 Å². The molecule has 0 saturated heterocycles. The molecule has 0 aliphatic rings. The van der Waals surface area contributed by atoms with Gasteiger partial charge in [0.05, 0.1) is 24.8 Å². The van der Waals surface area contributed by atoms with Gasteiger partial charge in [0, 0.05) is 12.1 Å². The monoisotopic (exact) mass is 400 g/mol. The van der Waals surface area contributed by atoms with E-state index >= 15 is 0 Å². The van der Waals surface area contributed by atoms with E-state index in [2.05, 4.69) is 60.9 Å². The second-order valence-corrected chi connectivity index (χ2v) is 7.70. The molecule has 154 valence electrons. The highest BCUT2D eigenvalue weighted by molar-refractivity contribution is 5.80. The number of rotatable bonds is 8. The van der Waals surface area contributed by atoms with Gasteiger partial charge in [0.25, 0.3) is 0 Å². The van der Waals surface area contributed by atoms with Crippen LogP contribution in [0.2, 0.25) is 0 Å². The van der Waals surface area contributed by atoms with Crippen molar-refractivity contribution >= 4 is 11.0 Å². The number of hydrogen-bond donors (Lipinski definition) is 0. The van der Waals surface area contributed by atoms with Gasteiger partial charge < -0.3 is 14.0 Å². The third-order valence-corrected chi connectivity index (χ3v) is 5.31. The summed E-state index contributed by atoms with van der Waals surface area (Å²) >= 11 is 0. The van der Waals surface area contributed by atoms with E-state index in [4.69, 9.17) is 14.5 Å². The standard InChI is InChI=1S/C26H28N2O2/c1-19(2)22-12-4-7-15-25(22)30-17-9-16-28-24-14-6-5-13-23(24)27-26(28)20-10-8-11-21(18-20)29-3/h4-8,10-15,18-19H,9,16-17H2,1-3H3. The Morgan fingerprint density at radius 3 is 2.57 bits per heavy atom. The predicted octanol–water partition coefficient (Wildman–Crippen LogP) is 6.30. The maximum Gasteiger partial charge on any atom is 0.141 e. The van der Waals surface area contributed by atoms with Crippen LogP contribution in [-0.4, -0.2) is 23.3 Å². The lowest BCUT2D eigenvalue weighted by atomic mass is 10.0. The highest BCUT2D eigenvalue weighted by atomic mass is 16.5. The van der Waals surface area contributed by atoms with E-state index in [9.17, 15) is 0 Å². The number of imidazole rings is 1. The van der Waals surface area contributed by atoms with Crippen LogP contribution in [0.4, 0.5) is 0 Å². The molecule has 3 aromatic carbocycles. The van der Waals surface area contributed by atoms with E-state index in [1.807, 2.05) is 30.3 Å². The molecule has 0 aliphatic carbocycles. The van der Waals surface area contributed by atoms with E-state index in [0.29, 0.717) is 12.5 Å². The molecule has 4 aromatic rings. The van der Waals surface area contributed by atoms with Crippen molar-refractivity contribution in [2.24, 2.45) is 0 Å². The van der Waals surface area contributed by atoms with Gasteiger partial charge in [-0.15, -0.1) is 0 Å². The molecule has 0 amide bonds. The molecule has 4 rings (SSSR count). The van der Waals surface area contributed by atoms with Crippen molar-refractivity contribution in [2.45, 2.75) is 32.7 Å². The highest BCUT2D eigenvalue weighted by Gasteiger charge is 2.13. The number of nitrogens with zero attached hydrogens (tertiary/aromatic N) is 2. The minimum Gasteiger partial charge on any atom is -0.497 e. The molecule has 0 N–H and O–H groups in total. The second kappa shape index (κ2) is 9.04. The van der Waals surface area contributed by atoms with E-state index in [-0.39, 0.29) is 0 Å². The first kappa shape index (κ1) is 20.0. The summed E-state index contributed by atoms with van der Waals surface area (Å²) in [6.45, 7) is 5.88. The zero-order chi connectivity index (χ0) is 20.9. The smallest absolute Gasteiger partial charge is 0.141 e. The lowest BCUT2D eigenvalue weighted by Crippen LogP contribution is -2.07. The van der Waals surface area contributed by atoms with Gasteiger partial charge in [0.1, 0.15) is 17.3 Å². The SMILES string of the molecule is COc1cccc(-c2nc3ccccc3n2CCCOc2ccccc2C(C)C)c1. The Kier molecular flexibility index (Phi) is 6.03. The first-order chi connectivity index (χ1) is 14.7. The molecule has 0 saturated carbocycles. The van der Waals surface area contributed by atoms with Crippen molar-refractivity contribution in [2.75, 3.05) is 13.7 Å². The molecular weight excluding hydrogens is 372 g/mol. The van der Waals surface area contributed by atoms with Gasteiger partial charge in [-0.05, 0) is 48.2 Å². The van der Waals surface area contributed by atoms with Crippen LogP contribution >= 0.6 is 0 Å². The first-order valence-electron chi connectivity index (χ1n) is 10.5. The fourth-order valence-corrected chi connectivity index (χ4v) is 3.78. The molecule has 0 unspecified atom stereocenters. The number of methoxy groups -OCH3 is 1. The van der Waals surface area contributed by atoms with E-state index < -0.39 is 0 Å². The second-order valence-electron chi connectivity index (χ2n) is 7.70. The van der Waals surface area contributed by atoms with Crippen LogP contribution < -0.4 is 9.47 Å². The Labute approximate surface area is 178 Å². The van der Waals surface area contributed by atoms with Crippen molar-refractivity contribution in [3.63, 3.8) is 0 Å². The molecule has 30 heavy (non-hydrogen) atoms. The molecule has 0 radical (unpaired) electrons. The topological polar surface area (TPSA) is 36.3 Å². The Balaban J connectivity index is 1.55. The maximum atomic E-state index is 6.14. The van der Waals surface area contributed by atoms with Crippen molar-refractivity contribution in [3.8, 4) is 22.9 Å². The minimum atomic E-state index is 0.443. The summed E-state index contributed by atoms with van der Waals surface area (Å²) in [4.78, 5) is 4.90. The van der Waals surface area contributed by atoms with Crippen LogP contribution in [0.3, 0.4) is 0 Å². The summed E-state index contributed by atoms with van der Waals surface area (Å²) in [5.41, 5.74) is 4.44. The van der Waals surface area contributed by atoms with E-state index in [1.54, 1.807) is 7.11 Å². The molecule has 0 bridgehead atoms. The van der Waals surface area contributed by atoms with Crippen molar-refractivity contribution in [3.05, 3.63) is 78.4 Å². The fourth-order valence-electron chi connectivity index (χ4n) is 3.78. The highest BCUT2D eigenvalue weighted by Crippen LogP contribution is 2.28. The number of fused-ring (bicyclic) bond motifs is 1. The predicted molar refractivity (Wildman–Crippen MR) is 122 cm³/mol. The van der Waals surface area contributed by atoms with E-state index in [0.717, 1.165) is 46.9 Å². The lowest BCUT2D eigenvalue weighted by molar-refractivity contribution is 0.299. The molecule has 0 fully saturated rings. The normalized spacial score (nSPS) is 11.2. The number of benzene rings is 3.